The Morgan fingerprint density at radius 3 is 1.54 bits per heavy atom. The van der Waals surface area contributed by atoms with Gasteiger partial charge in [-0.25, -0.2) is 0 Å². The van der Waals surface area contributed by atoms with Gasteiger partial charge in [-0.1, -0.05) is 33.8 Å². The molecule has 6 nitrogen and oxygen atoms in total. The van der Waals surface area contributed by atoms with Crippen molar-refractivity contribution in [2.75, 3.05) is 0 Å². The summed E-state index contributed by atoms with van der Waals surface area (Å²) in [5.41, 5.74) is 0. The highest BCUT2D eigenvalue weighted by Crippen LogP contribution is 2.22. The van der Waals surface area contributed by atoms with Crippen molar-refractivity contribution in [3.63, 3.8) is 0 Å². The van der Waals surface area contributed by atoms with Gasteiger partial charge in [-0.05, 0) is 25.0 Å². The molecule has 1 aromatic carbocycles. The van der Waals surface area contributed by atoms with Gasteiger partial charge in [0.05, 0.1) is 11.8 Å². The van der Waals surface area contributed by atoms with Crippen molar-refractivity contribution in [3.05, 3.63) is 24.3 Å². The summed E-state index contributed by atoms with van der Waals surface area (Å²) >= 11 is 0. The van der Waals surface area contributed by atoms with Gasteiger partial charge in [0.15, 0.2) is 0 Å². The molecule has 1 aromatic rings. The fraction of sp³-hybridized carbons (Fsp3) is 0.600. The van der Waals surface area contributed by atoms with Crippen molar-refractivity contribution >= 4 is 11.9 Å². The molecule has 0 aliphatic carbocycles. The van der Waals surface area contributed by atoms with E-state index in [4.69, 9.17) is 18.9 Å². The van der Waals surface area contributed by atoms with Crippen LogP contribution in [0, 0.1) is 11.8 Å². The summed E-state index contributed by atoms with van der Waals surface area (Å²) in [6.07, 6.45) is -0.00983. The van der Waals surface area contributed by atoms with E-state index in [0.29, 0.717) is 24.3 Å². The number of rotatable bonds is 10. The van der Waals surface area contributed by atoms with Crippen LogP contribution in [0.3, 0.4) is 0 Å². The van der Waals surface area contributed by atoms with E-state index in [1.807, 2.05) is 27.7 Å². The molecule has 0 bridgehead atoms. The average molecular weight is 366 g/mol. The van der Waals surface area contributed by atoms with Crippen molar-refractivity contribution < 1.29 is 28.5 Å². The van der Waals surface area contributed by atoms with Crippen LogP contribution < -0.4 is 9.47 Å². The molecule has 0 amide bonds. The van der Waals surface area contributed by atoms with Crippen molar-refractivity contribution in [3.8, 4) is 11.5 Å². The van der Waals surface area contributed by atoms with E-state index in [9.17, 15) is 9.59 Å². The van der Waals surface area contributed by atoms with Crippen molar-refractivity contribution in [2.24, 2.45) is 11.8 Å². The fourth-order valence-electron chi connectivity index (χ4n) is 1.95. The molecule has 0 aliphatic rings. The van der Waals surface area contributed by atoms with Gasteiger partial charge in [0, 0.05) is 19.9 Å². The highest BCUT2D eigenvalue weighted by Gasteiger charge is 2.18. The van der Waals surface area contributed by atoms with Crippen LogP contribution in [0.15, 0.2) is 24.3 Å². The molecule has 26 heavy (non-hydrogen) atoms. The summed E-state index contributed by atoms with van der Waals surface area (Å²) in [5.74, 6) is 0.0595. The summed E-state index contributed by atoms with van der Waals surface area (Å²) in [6, 6.07) is 6.87. The Hall–Kier alpha value is -2.24. The molecule has 0 N–H and O–H groups in total. The van der Waals surface area contributed by atoms with Crippen LogP contribution in [-0.2, 0) is 19.1 Å². The molecule has 0 aromatic heterocycles. The molecule has 0 radical (unpaired) electrons. The molecule has 0 heterocycles. The maximum absolute atomic E-state index is 11.8. The third-order valence-corrected chi connectivity index (χ3v) is 4.00. The van der Waals surface area contributed by atoms with Crippen LogP contribution in [0.1, 0.15) is 54.4 Å². The minimum absolute atomic E-state index is 0.170. The van der Waals surface area contributed by atoms with Gasteiger partial charge in [0.1, 0.15) is 11.5 Å². The summed E-state index contributed by atoms with van der Waals surface area (Å²) < 4.78 is 21.7. The second kappa shape index (κ2) is 10.7. The molecule has 1 rings (SSSR count). The molecular weight excluding hydrogens is 336 g/mol. The first-order chi connectivity index (χ1) is 12.3. The lowest BCUT2D eigenvalue weighted by molar-refractivity contribution is -0.166. The third-order valence-electron chi connectivity index (χ3n) is 4.00. The Morgan fingerprint density at radius 2 is 1.19 bits per heavy atom. The SMILES string of the molecule is CCC(C)C(=O)OC(C)Oc1cccc(OC(C)OC(=O)C(C)CC)c1. The van der Waals surface area contributed by atoms with Crippen molar-refractivity contribution in [1.82, 2.24) is 0 Å². The normalized spacial score (nSPS) is 15.3. The zero-order valence-electron chi connectivity index (χ0n) is 16.5. The van der Waals surface area contributed by atoms with E-state index >= 15 is 0 Å². The third kappa shape index (κ3) is 7.33. The zero-order chi connectivity index (χ0) is 19.7. The summed E-state index contributed by atoms with van der Waals surface area (Å²) in [4.78, 5) is 23.6. The van der Waals surface area contributed by atoms with Gasteiger partial charge < -0.3 is 18.9 Å². The number of esters is 2. The van der Waals surface area contributed by atoms with Gasteiger partial charge >= 0.3 is 11.9 Å². The molecule has 146 valence electrons. The monoisotopic (exact) mass is 366 g/mol. The second-order valence-electron chi connectivity index (χ2n) is 6.34. The molecule has 6 heteroatoms. The minimum Gasteiger partial charge on any atom is -0.455 e. The summed E-state index contributed by atoms with van der Waals surface area (Å²) in [5, 5.41) is 0. The molecule has 0 spiro atoms. The standard InChI is InChI=1S/C20H30O6/c1-7-13(3)19(21)25-15(5)23-17-10-9-11-18(12-17)24-16(6)26-20(22)14(4)8-2/h9-16H,7-8H2,1-6H3. The van der Waals surface area contributed by atoms with E-state index in [1.165, 1.54) is 0 Å². The molecule has 0 saturated heterocycles. The molecule has 0 fully saturated rings. The zero-order valence-corrected chi connectivity index (χ0v) is 16.5. The minimum atomic E-state index is -0.715. The van der Waals surface area contributed by atoms with E-state index in [0.717, 1.165) is 0 Å². The van der Waals surface area contributed by atoms with Gasteiger partial charge in [0.2, 0.25) is 12.6 Å². The Bertz CT molecular complexity index is 538. The van der Waals surface area contributed by atoms with E-state index < -0.39 is 12.6 Å². The Kier molecular flexibility index (Phi) is 8.96. The van der Waals surface area contributed by atoms with Crippen molar-refractivity contribution in [2.45, 2.75) is 67.0 Å². The number of carbonyl (C=O) groups excluding carboxylic acids is 2. The lowest BCUT2D eigenvalue weighted by atomic mass is 10.1. The van der Waals surface area contributed by atoms with Crippen LogP contribution in [-0.4, -0.2) is 24.5 Å². The maximum atomic E-state index is 11.8. The Balaban J connectivity index is 2.59. The first kappa shape index (κ1) is 21.8. The lowest BCUT2D eigenvalue weighted by Gasteiger charge is -2.19. The summed E-state index contributed by atoms with van der Waals surface area (Å²) in [6.45, 7) is 10.8. The van der Waals surface area contributed by atoms with E-state index in [-0.39, 0.29) is 23.8 Å². The number of benzene rings is 1. The smallest absolute Gasteiger partial charge is 0.311 e. The number of hydrogen-bond acceptors (Lipinski definition) is 6. The van der Waals surface area contributed by atoms with E-state index in [1.54, 1.807) is 38.1 Å². The summed E-state index contributed by atoms with van der Waals surface area (Å²) in [7, 11) is 0. The van der Waals surface area contributed by atoms with Gasteiger partial charge in [-0.15, -0.1) is 0 Å². The van der Waals surface area contributed by atoms with Crippen LogP contribution in [0.2, 0.25) is 0 Å². The van der Waals surface area contributed by atoms with Gasteiger partial charge in [-0.3, -0.25) is 9.59 Å². The van der Waals surface area contributed by atoms with E-state index in [2.05, 4.69) is 0 Å². The largest absolute Gasteiger partial charge is 0.455 e. The fourth-order valence-corrected chi connectivity index (χ4v) is 1.95. The van der Waals surface area contributed by atoms with Gasteiger partial charge in [0.25, 0.3) is 0 Å². The van der Waals surface area contributed by atoms with Crippen molar-refractivity contribution in [1.29, 1.82) is 0 Å². The first-order valence-corrected chi connectivity index (χ1v) is 9.11. The van der Waals surface area contributed by atoms with Crippen LogP contribution in [0.25, 0.3) is 0 Å². The Morgan fingerprint density at radius 1 is 0.808 bits per heavy atom. The highest BCUT2D eigenvalue weighted by molar-refractivity contribution is 5.72. The maximum Gasteiger partial charge on any atom is 0.311 e. The predicted molar refractivity (Wildman–Crippen MR) is 97.7 cm³/mol. The Labute approximate surface area is 155 Å². The number of ether oxygens (including phenoxy) is 4. The number of carbonyl (C=O) groups is 2. The molecule has 0 saturated carbocycles. The average Bonchev–Trinajstić information content (AvgIpc) is 2.59. The molecular formula is C20H30O6. The van der Waals surface area contributed by atoms with Crippen LogP contribution in [0.4, 0.5) is 0 Å². The molecule has 4 unspecified atom stereocenters. The second-order valence-corrected chi connectivity index (χ2v) is 6.34. The number of hydrogen-bond donors (Lipinski definition) is 0. The topological polar surface area (TPSA) is 71.1 Å². The highest BCUT2D eigenvalue weighted by atomic mass is 16.7. The van der Waals surface area contributed by atoms with Gasteiger partial charge in [-0.2, -0.15) is 0 Å². The lowest BCUT2D eigenvalue weighted by Crippen LogP contribution is -2.25. The quantitative estimate of drug-likeness (QED) is 0.454. The first-order valence-electron chi connectivity index (χ1n) is 9.11. The molecule has 4 atom stereocenters. The predicted octanol–water partition coefficient (Wildman–Crippen LogP) is 4.31. The van der Waals surface area contributed by atoms with Crippen LogP contribution in [0.5, 0.6) is 11.5 Å². The van der Waals surface area contributed by atoms with Crippen LogP contribution >= 0.6 is 0 Å². The molecule has 0 aliphatic heterocycles.